The molecule has 0 aromatic heterocycles. The molecule has 0 aliphatic rings. The molecule has 0 radical (unpaired) electrons. The molecule has 2 rings (SSSR count). The van der Waals surface area contributed by atoms with Crippen LogP contribution < -0.4 is 19.4 Å². The second-order valence-corrected chi connectivity index (χ2v) is 4.72. The topological polar surface area (TPSA) is 142 Å². The zero-order valence-corrected chi connectivity index (χ0v) is 13.2. The quantitative estimate of drug-likeness (QED) is 0.330. The molecule has 0 bridgehead atoms. The van der Waals surface area contributed by atoms with Crippen molar-refractivity contribution < 1.29 is 44.2 Å². The number of hydrogen-bond acceptors (Lipinski definition) is 7. The monoisotopic (exact) mass is 385 g/mol. The van der Waals surface area contributed by atoms with E-state index in [9.17, 15) is 14.7 Å². The number of hydrogen-bond donors (Lipinski definition) is 3. The highest BCUT2D eigenvalue weighted by molar-refractivity contribution is 5.94. The van der Waals surface area contributed by atoms with Crippen molar-refractivity contribution in [3.8, 4) is 11.5 Å². The highest BCUT2D eigenvalue weighted by Gasteiger charge is 2.12. The fourth-order valence-corrected chi connectivity index (χ4v) is 1.62. The number of aromatic hydroxyl groups is 1. The second kappa shape index (κ2) is 11.4. The van der Waals surface area contributed by atoms with Crippen molar-refractivity contribution in [1.82, 2.24) is 0 Å². The van der Waals surface area contributed by atoms with Gasteiger partial charge in [0, 0.05) is 17.3 Å². The Morgan fingerprint density at radius 1 is 1.08 bits per heavy atom. The van der Waals surface area contributed by atoms with Crippen molar-refractivity contribution in [1.29, 1.82) is 0 Å². The Morgan fingerprint density at radius 3 is 2.08 bits per heavy atom. The molecular weight excluding hydrogens is 369 g/mol. The molecule has 0 heterocycles. The molecule has 0 saturated heterocycles. The summed E-state index contributed by atoms with van der Waals surface area (Å²) in [5.74, 6) is -0.626. The Morgan fingerprint density at radius 2 is 1.60 bits per heavy atom. The van der Waals surface area contributed by atoms with Gasteiger partial charge in [-0.25, -0.2) is 4.79 Å². The van der Waals surface area contributed by atoms with Crippen LogP contribution in [-0.2, 0) is 4.79 Å². The van der Waals surface area contributed by atoms with Gasteiger partial charge in [-0.2, -0.15) is 0 Å². The van der Waals surface area contributed by atoms with E-state index in [1.165, 1.54) is 19.1 Å². The van der Waals surface area contributed by atoms with Crippen LogP contribution in [-0.4, -0.2) is 39.0 Å². The summed E-state index contributed by atoms with van der Waals surface area (Å²) in [4.78, 5) is 22.7. The molecule has 25 heavy (non-hydrogen) atoms. The van der Waals surface area contributed by atoms with Gasteiger partial charge in [-0.1, -0.05) is 12.1 Å². The maximum absolute atomic E-state index is 11.8. The molecule has 1 amide bonds. The van der Waals surface area contributed by atoms with Crippen LogP contribution in [0.4, 0.5) is 5.69 Å². The van der Waals surface area contributed by atoms with E-state index in [1.54, 1.807) is 36.4 Å². The van der Waals surface area contributed by atoms with Gasteiger partial charge in [0.25, 0.3) is 10.8 Å². The molecule has 3 N–H and O–H groups in total. The van der Waals surface area contributed by atoms with Gasteiger partial charge in [0.1, 0.15) is 17.1 Å². The third kappa shape index (κ3) is 9.07. The number of ether oxygens (including phenoxy) is 1. The van der Waals surface area contributed by atoms with Crippen LogP contribution in [0.1, 0.15) is 17.3 Å². The lowest BCUT2D eigenvalue weighted by molar-refractivity contribution is -1.63. The number of anilines is 1. The standard InChI is InChI=1S/C15H13NO4.Al.ClHO3.3H/c1-10(17)16-11-6-8-12(9-7-11)20-15(19)13-4-2-3-5-14(13)18;;2-1(3)4;;;/h2-9,18H,1H3,(H,16,17);;2H;;;. The van der Waals surface area contributed by atoms with E-state index in [-0.39, 0.29) is 34.6 Å². The van der Waals surface area contributed by atoms with Crippen molar-refractivity contribution in [2.24, 2.45) is 0 Å². The first-order valence-corrected chi connectivity index (χ1v) is 7.37. The average Bonchev–Trinajstić information content (AvgIpc) is 2.48. The summed E-state index contributed by atoms with van der Waals surface area (Å²) in [7, 11) is -2.60. The van der Waals surface area contributed by atoms with Gasteiger partial charge in [0.15, 0.2) is 17.4 Å². The first kappa shape index (κ1) is 22.9. The number of carbonyl (C=O) groups excluding carboxylic acids is 2. The summed E-state index contributed by atoms with van der Waals surface area (Å²) < 4.78 is 29.1. The first-order valence-electron chi connectivity index (χ1n) is 6.42. The van der Waals surface area contributed by atoms with Gasteiger partial charge in [-0.3, -0.25) is 4.79 Å². The van der Waals surface area contributed by atoms with Crippen LogP contribution in [0.2, 0.25) is 0 Å². The number of benzene rings is 2. The van der Waals surface area contributed by atoms with Gasteiger partial charge in [-0.05, 0) is 36.4 Å². The summed E-state index contributed by atoms with van der Waals surface area (Å²) in [5, 5.41) is 12.2. The molecule has 0 saturated carbocycles. The summed E-state index contributed by atoms with van der Waals surface area (Å²) in [6.07, 6.45) is 0. The van der Waals surface area contributed by atoms with Gasteiger partial charge in [0.2, 0.25) is 5.91 Å². The Bertz CT molecular complexity index is 692. The molecular formula is C15H17AlClNO7. The zero-order valence-electron chi connectivity index (χ0n) is 12.4. The van der Waals surface area contributed by atoms with E-state index in [0.717, 1.165) is 0 Å². The lowest BCUT2D eigenvalue weighted by atomic mass is 10.2. The number of para-hydroxylation sites is 1. The van der Waals surface area contributed by atoms with E-state index >= 15 is 0 Å². The number of amides is 1. The molecule has 0 atom stereocenters. The molecule has 0 unspecified atom stereocenters. The van der Waals surface area contributed by atoms with Crippen molar-refractivity contribution in [3.05, 3.63) is 54.1 Å². The third-order valence-electron chi connectivity index (χ3n) is 2.51. The maximum Gasteiger partial charge on any atom is 0.347 e. The van der Waals surface area contributed by atoms with Crippen LogP contribution in [0.25, 0.3) is 0 Å². The number of phenolic OH excluding ortho intramolecular Hbond substituents is 1. The van der Waals surface area contributed by atoms with Gasteiger partial charge >= 0.3 is 5.97 Å². The molecule has 8 nitrogen and oxygen atoms in total. The number of carbonyl (C=O) groups is 2. The fourth-order valence-electron chi connectivity index (χ4n) is 1.62. The number of esters is 1. The van der Waals surface area contributed by atoms with Gasteiger partial charge in [-0.15, -0.1) is 0 Å². The second-order valence-electron chi connectivity index (χ2n) is 4.31. The van der Waals surface area contributed by atoms with Crippen molar-refractivity contribution in [2.45, 2.75) is 6.92 Å². The van der Waals surface area contributed by atoms with Crippen LogP contribution in [0.15, 0.2) is 48.5 Å². The van der Waals surface area contributed by atoms with E-state index in [1.807, 2.05) is 0 Å². The smallest absolute Gasteiger partial charge is 0.347 e. The molecule has 2 aromatic carbocycles. The SMILES string of the molecule is CC(=O)Nc1ccc(OC(=O)c2ccccc2O)cc1.[AlH3].[O-][Cl+2]([O-])O. The van der Waals surface area contributed by atoms with Crippen LogP contribution in [0, 0.1) is 10.8 Å². The Hall–Kier alpha value is -2.12. The average molecular weight is 386 g/mol. The number of nitrogens with one attached hydrogen (secondary N) is 1. The minimum atomic E-state index is -2.60. The van der Waals surface area contributed by atoms with Crippen LogP contribution in [0.5, 0.6) is 11.5 Å². The summed E-state index contributed by atoms with van der Waals surface area (Å²) in [6, 6.07) is 12.5. The minimum Gasteiger partial charge on any atom is -0.507 e. The number of rotatable bonds is 3. The molecule has 0 aliphatic heterocycles. The van der Waals surface area contributed by atoms with E-state index in [2.05, 4.69) is 5.32 Å². The molecule has 0 fully saturated rings. The predicted octanol–water partition coefficient (Wildman–Crippen LogP) is -1.55. The molecule has 10 heteroatoms. The Balaban J connectivity index is 0.00000104. The lowest BCUT2D eigenvalue weighted by Gasteiger charge is -2.07. The number of halogens is 1. The van der Waals surface area contributed by atoms with E-state index in [0.29, 0.717) is 11.4 Å². The molecule has 0 spiro atoms. The maximum atomic E-state index is 11.8. The third-order valence-corrected chi connectivity index (χ3v) is 2.51. The van der Waals surface area contributed by atoms with Gasteiger partial charge in [0.05, 0.1) is 0 Å². The fraction of sp³-hybridized carbons (Fsp3) is 0.0667. The predicted molar refractivity (Wildman–Crippen MR) is 86.0 cm³/mol. The summed E-state index contributed by atoms with van der Waals surface area (Å²) >= 11 is 0. The molecule has 2 aromatic rings. The number of phenols is 1. The minimum absolute atomic E-state index is 0. The summed E-state index contributed by atoms with van der Waals surface area (Å²) in [5.41, 5.74) is 0.707. The zero-order chi connectivity index (χ0) is 18.1. The Labute approximate surface area is 157 Å². The van der Waals surface area contributed by atoms with Crippen molar-refractivity contribution in [2.75, 3.05) is 5.32 Å². The van der Waals surface area contributed by atoms with Gasteiger partial charge < -0.3 is 24.5 Å². The van der Waals surface area contributed by atoms with E-state index in [4.69, 9.17) is 18.7 Å². The molecule has 0 aliphatic carbocycles. The van der Waals surface area contributed by atoms with Crippen molar-refractivity contribution >= 4 is 34.9 Å². The normalized spacial score (nSPS) is 9.32. The molecule has 134 valence electrons. The lowest BCUT2D eigenvalue weighted by Crippen LogP contribution is -2.30. The summed E-state index contributed by atoms with van der Waals surface area (Å²) in [6.45, 7) is 1.41. The van der Waals surface area contributed by atoms with Crippen molar-refractivity contribution in [3.63, 3.8) is 0 Å². The highest BCUT2D eigenvalue weighted by atomic mass is 35.6. The highest BCUT2D eigenvalue weighted by Crippen LogP contribution is 2.20. The van der Waals surface area contributed by atoms with E-state index < -0.39 is 16.8 Å². The Kier molecular flexibility index (Phi) is 10.5. The largest absolute Gasteiger partial charge is 0.507 e. The first-order chi connectivity index (χ1) is 11.3. The van der Waals surface area contributed by atoms with Crippen LogP contribution in [0.3, 0.4) is 0 Å². The van der Waals surface area contributed by atoms with Crippen LogP contribution >= 0.6 is 0 Å².